The highest BCUT2D eigenvalue weighted by atomic mass is 32.2. The molecule has 0 bridgehead atoms. The van der Waals surface area contributed by atoms with Crippen molar-refractivity contribution in [3.05, 3.63) is 40.2 Å². The van der Waals surface area contributed by atoms with E-state index in [4.69, 9.17) is 0 Å². The van der Waals surface area contributed by atoms with Crippen molar-refractivity contribution in [3.63, 3.8) is 0 Å². The van der Waals surface area contributed by atoms with Crippen molar-refractivity contribution in [2.45, 2.75) is 63.8 Å². The Morgan fingerprint density at radius 2 is 1.94 bits per heavy atom. The van der Waals surface area contributed by atoms with Crippen LogP contribution in [0.2, 0.25) is 0 Å². The lowest BCUT2D eigenvalue weighted by Crippen LogP contribution is -2.38. The number of fused-ring (bicyclic) bond motifs is 1. The van der Waals surface area contributed by atoms with Gasteiger partial charge < -0.3 is 15.2 Å². The van der Waals surface area contributed by atoms with Gasteiger partial charge in [-0.15, -0.1) is 0 Å². The number of aromatic nitrogens is 1. The fourth-order valence-corrected chi connectivity index (χ4v) is 6.01. The number of pyridine rings is 1. The number of unbranched alkanes of at least 4 members (excludes halogenated alkanes) is 1. The van der Waals surface area contributed by atoms with Crippen molar-refractivity contribution in [1.29, 1.82) is 0 Å². The van der Waals surface area contributed by atoms with Crippen LogP contribution in [0.25, 0.3) is 10.9 Å². The van der Waals surface area contributed by atoms with Crippen LogP contribution in [-0.4, -0.2) is 67.3 Å². The van der Waals surface area contributed by atoms with Gasteiger partial charge in [0.25, 0.3) is 5.91 Å². The molecule has 1 aliphatic heterocycles. The Hall–Kier alpha value is -2.23. The van der Waals surface area contributed by atoms with Crippen molar-refractivity contribution in [2.75, 3.05) is 32.7 Å². The third-order valence-electron chi connectivity index (χ3n) is 6.50. The number of benzene rings is 1. The molecule has 2 aromatic rings. The fourth-order valence-electron chi connectivity index (χ4n) is 4.52. The molecule has 1 aromatic heterocycles. The van der Waals surface area contributed by atoms with Gasteiger partial charge >= 0.3 is 0 Å². The smallest absolute Gasteiger partial charge is 0.252 e. The number of amides is 1. The molecule has 33 heavy (non-hydrogen) atoms. The van der Waals surface area contributed by atoms with Gasteiger partial charge in [-0.3, -0.25) is 9.59 Å². The third-order valence-corrected chi connectivity index (χ3v) is 8.55. The predicted octanol–water partition coefficient (Wildman–Crippen LogP) is 2.94. The predicted molar refractivity (Wildman–Crippen MR) is 131 cm³/mol. The summed E-state index contributed by atoms with van der Waals surface area (Å²) in [6, 6.07) is 6.35. The molecule has 2 N–H and O–H groups in total. The van der Waals surface area contributed by atoms with Crippen LogP contribution in [0.15, 0.2) is 34.0 Å². The molecular formula is C24H36N4O4S. The van der Waals surface area contributed by atoms with Crippen molar-refractivity contribution in [1.82, 2.24) is 19.5 Å². The summed E-state index contributed by atoms with van der Waals surface area (Å²) in [4.78, 5) is 30.3. The topological polar surface area (TPSA) is 103 Å². The fraction of sp³-hybridized carbons (Fsp3) is 0.583. The lowest BCUT2D eigenvalue weighted by molar-refractivity contribution is 0.0953. The highest BCUT2D eigenvalue weighted by molar-refractivity contribution is 7.89. The van der Waals surface area contributed by atoms with Crippen LogP contribution in [0.3, 0.4) is 0 Å². The average Bonchev–Trinajstić information content (AvgIpc) is 2.79. The first kappa shape index (κ1) is 25.4. The standard InChI is InChI=1S/C24H36N4O4S/c1-4-28(5-2)33(31,32)19-11-12-22-20(16-19)21(17-23(29)26-22)24(30)25-13-7-9-15-27-14-8-6-10-18(27)3/h11-12,16-18H,4-10,13-15H2,1-3H3,(H,25,30)(H,26,29). The Morgan fingerprint density at radius 1 is 1.18 bits per heavy atom. The Labute approximate surface area is 196 Å². The Kier molecular flexibility index (Phi) is 8.67. The van der Waals surface area contributed by atoms with Crippen LogP contribution >= 0.6 is 0 Å². The summed E-state index contributed by atoms with van der Waals surface area (Å²) >= 11 is 0. The van der Waals surface area contributed by atoms with Gasteiger partial charge in [-0.05, 0) is 63.9 Å². The first-order valence-electron chi connectivity index (χ1n) is 12.0. The maximum atomic E-state index is 12.9. The molecule has 1 saturated heterocycles. The molecule has 1 aliphatic rings. The van der Waals surface area contributed by atoms with E-state index in [1.165, 1.54) is 41.8 Å². The molecule has 9 heteroatoms. The minimum atomic E-state index is -3.68. The molecule has 1 fully saturated rings. The van der Waals surface area contributed by atoms with Crippen molar-refractivity contribution in [2.24, 2.45) is 0 Å². The first-order valence-corrected chi connectivity index (χ1v) is 13.4. The van der Waals surface area contributed by atoms with Crippen LogP contribution in [0.1, 0.15) is 63.2 Å². The minimum Gasteiger partial charge on any atom is -0.352 e. The SMILES string of the molecule is CCN(CC)S(=O)(=O)c1ccc2[nH]c(=O)cc(C(=O)NCCCCN3CCCCC3C)c2c1. The summed E-state index contributed by atoms with van der Waals surface area (Å²) in [5.74, 6) is -0.366. The second-order valence-electron chi connectivity index (χ2n) is 8.69. The van der Waals surface area contributed by atoms with Gasteiger partial charge in [-0.2, -0.15) is 4.31 Å². The maximum absolute atomic E-state index is 12.9. The zero-order valence-electron chi connectivity index (χ0n) is 19.9. The lowest BCUT2D eigenvalue weighted by Gasteiger charge is -2.33. The van der Waals surface area contributed by atoms with E-state index < -0.39 is 15.6 Å². The van der Waals surface area contributed by atoms with Crippen molar-refractivity contribution in [3.8, 4) is 0 Å². The monoisotopic (exact) mass is 476 g/mol. The van der Waals surface area contributed by atoms with E-state index in [2.05, 4.69) is 22.1 Å². The summed E-state index contributed by atoms with van der Waals surface area (Å²) in [6.07, 6.45) is 5.64. The number of piperidine rings is 1. The summed E-state index contributed by atoms with van der Waals surface area (Å²) in [6.45, 7) is 9.22. The van der Waals surface area contributed by atoms with Gasteiger partial charge in [0.1, 0.15) is 0 Å². The molecule has 1 aromatic carbocycles. The molecule has 0 saturated carbocycles. The van der Waals surface area contributed by atoms with E-state index >= 15 is 0 Å². The normalized spacial score (nSPS) is 17.5. The molecular weight excluding hydrogens is 440 g/mol. The molecule has 8 nitrogen and oxygen atoms in total. The molecule has 0 radical (unpaired) electrons. The summed E-state index contributed by atoms with van der Waals surface area (Å²) < 4.78 is 27.2. The number of nitrogens with one attached hydrogen (secondary N) is 2. The molecule has 1 atom stereocenters. The molecule has 0 aliphatic carbocycles. The number of hydrogen-bond donors (Lipinski definition) is 2. The number of carbonyl (C=O) groups excluding carboxylic acids is 1. The number of likely N-dealkylation sites (tertiary alicyclic amines) is 1. The van der Waals surface area contributed by atoms with Crippen LogP contribution in [0.5, 0.6) is 0 Å². The van der Waals surface area contributed by atoms with Crippen molar-refractivity contribution < 1.29 is 13.2 Å². The number of hydrogen-bond acceptors (Lipinski definition) is 5. The van der Waals surface area contributed by atoms with E-state index in [1.54, 1.807) is 19.9 Å². The Bertz CT molecular complexity index is 1120. The van der Waals surface area contributed by atoms with Crippen LogP contribution in [-0.2, 0) is 10.0 Å². The second-order valence-corrected chi connectivity index (χ2v) is 10.6. The number of nitrogens with zero attached hydrogens (tertiary/aromatic N) is 2. The van der Waals surface area contributed by atoms with Gasteiger partial charge in [-0.25, -0.2) is 8.42 Å². The molecule has 1 amide bonds. The zero-order chi connectivity index (χ0) is 24.0. The number of aromatic amines is 1. The third kappa shape index (κ3) is 6.02. The van der Waals surface area contributed by atoms with Gasteiger partial charge in [0.05, 0.1) is 10.5 Å². The maximum Gasteiger partial charge on any atom is 0.252 e. The van der Waals surface area contributed by atoms with Gasteiger partial charge in [0.2, 0.25) is 15.6 Å². The van der Waals surface area contributed by atoms with E-state index in [-0.39, 0.29) is 16.4 Å². The van der Waals surface area contributed by atoms with E-state index in [0.717, 1.165) is 25.9 Å². The van der Waals surface area contributed by atoms with Gasteiger partial charge in [0.15, 0.2) is 0 Å². The first-order chi connectivity index (χ1) is 15.8. The van der Waals surface area contributed by atoms with E-state index in [0.29, 0.717) is 36.6 Å². The quantitative estimate of drug-likeness (QED) is 0.513. The van der Waals surface area contributed by atoms with Crippen LogP contribution in [0, 0.1) is 0 Å². The Balaban J connectivity index is 1.72. The Morgan fingerprint density at radius 3 is 2.64 bits per heavy atom. The van der Waals surface area contributed by atoms with E-state index in [1.807, 2.05) is 0 Å². The summed E-state index contributed by atoms with van der Waals surface area (Å²) in [5.41, 5.74) is 0.228. The van der Waals surface area contributed by atoms with Gasteiger partial charge in [-0.1, -0.05) is 20.3 Å². The van der Waals surface area contributed by atoms with E-state index in [9.17, 15) is 18.0 Å². The highest BCUT2D eigenvalue weighted by Gasteiger charge is 2.23. The molecule has 0 spiro atoms. The summed E-state index contributed by atoms with van der Waals surface area (Å²) in [7, 11) is -3.68. The zero-order valence-corrected chi connectivity index (χ0v) is 20.7. The highest BCUT2D eigenvalue weighted by Crippen LogP contribution is 2.23. The lowest BCUT2D eigenvalue weighted by atomic mass is 10.0. The van der Waals surface area contributed by atoms with Gasteiger partial charge in [0, 0.05) is 42.6 Å². The number of sulfonamides is 1. The average molecular weight is 477 g/mol. The molecule has 1 unspecified atom stereocenters. The molecule has 3 rings (SSSR count). The van der Waals surface area contributed by atoms with Crippen LogP contribution < -0.4 is 10.9 Å². The minimum absolute atomic E-state index is 0.107. The van der Waals surface area contributed by atoms with Crippen molar-refractivity contribution >= 4 is 26.8 Å². The second kappa shape index (κ2) is 11.3. The number of H-pyrrole nitrogens is 1. The summed E-state index contributed by atoms with van der Waals surface area (Å²) in [5, 5.41) is 3.32. The number of carbonyl (C=O) groups is 1. The molecule has 2 heterocycles. The molecule has 182 valence electrons. The number of rotatable bonds is 10. The largest absolute Gasteiger partial charge is 0.352 e. The van der Waals surface area contributed by atoms with Crippen LogP contribution in [0.4, 0.5) is 0 Å².